The molecule has 0 bridgehead atoms. The monoisotopic (exact) mass is 473 g/mol. The number of benzene rings is 3. The second-order valence-corrected chi connectivity index (χ2v) is 8.91. The van der Waals surface area contributed by atoms with E-state index in [2.05, 4.69) is 4.90 Å². The highest BCUT2D eigenvalue weighted by molar-refractivity contribution is 7.99. The summed E-state index contributed by atoms with van der Waals surface area (Å²) in [5.41, 5.74) is 2.35. The lowest BCUT2D eigenvalue weighted by Gasteiger charge is -2.25. The van der Waals surface area contributed by atoms with Gasteiger partial charge in [-0.3, -0.25) is 0 Å². The molecule has 0 radical (unpaired) electrons. The topological polar surface area (TPSA) is 51.2 Å². The zero-order valence-corrected chi connectivity index (χ0v) is 19.4. The molecule has 0 amide bonds. The summed E-state index contributed by atoms with van der Waals surface area (Å²) >= 11 is 1.54. The minimum Gasteiger partial charge on any atom is -0.502 e. The first-order chi connectivity index (χ1) is 15.9. The molecule has 1 heterocycles. The van der Waals surface area contributed by atoms with E-state index in [4.69, 9.17) is 14.2 Å². The van der Waals surface area contributed by atoms with Crippen molar-refractivity contribution in [2.45, 2.75) is 23.1 Å². The van der Waals surface area contributed by atoms with Crippen LogP contribution in [-0.2, 0) is 6.54 Å². The molecule has 8 heteroatoms. The average molecular weight is 474 g/mol. The smallest absolute Gasteiger partial charge is 0.200 e. The number of rotatable bonds is 6. The van der Waals surface area contributed by atoms with E-state index in [9.17, 15) is 13.9 Å². The van der Waals surface area contributed by atoms with Crippen molar-refractivity contribution in [2.24, 2.45) is 0 Å². The third-order valence-electron chi connectivity index (χ3n) is 5.66. The van der Waals surface area contributed by atoms with Gasteiger partial charge in [0.2, 0.25) is 5.75 Å². The van der Waals surface area contributed by atoms with E-state index in [1.54, 1.807) is 19.2 Å². The van der Waals surface area contributed by atoms with Crippen molar-refractivity contribution >= 4 is 17.4 Å². The summed E-state index contributed by atoms with van der Waals surface area (Å²) in [6.45, 7) is 1.16. The SMILES string of the molecule is COc1ccc2c(c1)S[C@H](c1ccc(F)cc1F)CCN2Cc1cc(OC)c(O)c(OC)c1. The van der Waals surface area contributed by atoms with Crippen LogP contribution in [0.4, 0.5) is 14.5 Å². The molecule has 1 aliphatic rings. The molecule has 3 aromatic carbocycles. The third kappa shape index (κ3) is 4.80. The maximum atomic E-state index is 14.6. The molecule has 4 rings (SSSR count). The molecule has 33 heavy (non-hydrogen) atoms. The van der Waals surface area contributed by atoms with Crippen molar-refractivity contribution in [1.82, 2.24) is 0 Å². The van der Waals surface area contributed by atoms with Gasteiger partial charge in [0, 0.05) is 34.9 Å². The second-order valence-electron chi connectivity index (χ2n) is 7.67. The molecule has 0 unspecified atom stereocenters. The number of halogens is 2. The molecule has 3 aromatic rings. The van der Waals surface area contributed by atoms with Crippen molar-refractivity contribution in [3.05, 3.63) is 71.3 Å². The van der Waals surface area contributed by atoms with Crippen LogP contribution in [0.1, 0.15) is 22.8 Å². The fraction of sp³-hybridized carbons (Fsp3) is 0.280. The standard InChI is InChI=1S/C25H25F2NO4S/c1-30-17-5-7-20-24(13-17)33-23(18-6-4-16(26)12-19(18)27)8-9-28(20)14-15-10-21(31-2)25(29)22(11-15)32-3/h4-7,10-13,23,29H,8-9,14H2,1-3H3/t23-/m0/s1. The lowest BCUT2D eigenvalue weighted by Crippen LogP contribution is -2.24. The molecule has 0 saturated carbocycles. The Bertz CT molecular complexity index is 1130. The Morgan fingerprint density at radius 3 is 2.33 bits per heavy atom. The highest BCUT2D eigenvalue weighted by Gasteiger charge is 2.26. The number of aromatic hydroxyl groups is 1. The van der Waals surface area contributed by atoms with Crippen LogP contribution in [0, 0.1) is 11.6 Å². The number of phenols is 1. The zero-order chi connectivity index (χ0) is 23.5. The molecule has 1 aliphatic heterocycles. The molecule has 0 aromatic heterocycles. The highest BCUT2D eigenvalue weighted by atomic mass is 32.2. The van der Waals surface area contributed by atoms with Crippen LogP contribution in [0.5, 0.6) is 23.0 Å². The highest BCUT2D eigenvalue weighted by Crippen LogP contribution is 2.47. The van der Waals surface area contributed by atoms with Gasteiger partial charge in [-0.15, -0.1) is 11.8 Å². The van der Waals surface area contributed by atoms with Crippen molar-refractivity contribution in [1.29, 1.82) is 0 Å². The Morgan fingerprint density at radius 1 is 0.970 bits per heavy atom. The minimum atomic E-state index is -0.589. The summed E-state index contributed by atoms with van der Waals surface area (Å²) in [6, 6.07) is 13.1. The van der Waals surface area contributed by atoms with Crippen molar-refractivity contribution < 1.29 is 28.1 Å². The predicted molar refractivity (Wildman–Crippen MR) is 125 cm³/mol. The minimum absolute atomic E-state index is 0.0489. The number of ether oxygens (including phenoxy) is 3. The number of nitrogens with zero attached hydrogens (tertiary/aromatic N) is 1. The maximum Gasteiger partial charge on any atom is 0.200 e. The molecule has 0 spiro atoms. The summed E-state index contributed by atoms with van der Waals surface area (Å²) in [6.07, 6.45) is 0.649. The fourth-order valence-corrected chi connectivity index (χ4v) is 5.34. The molecule has 0 aliphatic carbocycles. The Balaban J connectivity index is 1.71. The lowest BCUT2D eigenvalue weighted by molar-refractivity contribution is 0.339. The number of hydrogen-bond donors (Lipinski definition) is 1. The van der Waals surface area contributed by atoms with Crippen LogP contribution in [0.15, 0.2) is 53.4 Å². The maximum absolute atomic E-state index is 14.6. The number of methoxy groups -OCH3 is 3. The number of anilines is 1. The summed E-state index contributed by atoms with van der Waals surface area (Å²) < 4.78 is 44.1. The molecule has 5 nitrogen and oxygen atoms in total. The Labute approximate surface area is 195 Å². The van der Waals surface area contributed by atoms with Gasteiger partial charge in [-0.2, -0.15) is 0 Å². The van der Waals surface area contributed by atoms with Gasteiger partial charge in [0.1, 0.15) is 17.4 Å². The van der Waals surface area contributed by atoms with Crippen molar-refractivity contribution in [3.8, 4) is 23.0 Å². The molecule has 0 saturated heterocycles. The van der Waals surface area contributed by atoms with E-state index in [0.29, 0.717) is 42.3 Å². The van der Waals surface area contributed by atoms with Gasteiger partial charge >= 0.3 is 0 Å². The normalized spacial score (nSPS) is 15.5. The second kappa shape index (κ2) is 9.79. The van der Waals surface area contributed by atoms with E-state index < -0.39 is 11.6 Å². The van der Waals surface area contributed by atoms with Crippen LogP contribution < -0.4 is 19.1 Å². The first-order valence-corrected chi connectivity index (χ1v) is 11.3. The third-order valence-corrected chi connectivity index (χ3v) is 7.02. The quantitative estimate of drug-likeness (QED) is 0.478. The summed E-state index contributed by atoms with van der Waals surface area (Å²) in [5.74, 6) is 0.179. The first kappa shape index (κ1) is 23.0. The van der Waals surface area contributed by atoms with Gasteiger partial charge in [0.25, 0.3) is 0 Å². The Hall–Kier alpha value is -3.13. The first-order valence-electron chi connectivity index (χ1n) is 10.4. The predicted octanol–water partition coefficient (Wildman–Crippen LogP) is 5.94. The zero-order valence-electron chi connectivity index (χ0n) is 18.6. The molecule has 0 fully saturated rings. The van der Waals surface area contributed by atoms with Crippen LogP contribution in [0.25, 0.3) is 0 Å². The Kier molecular flexibility index (Phi) is 6.83. The summed E-state index contributed by atoms with van der Waals surface area (Å²) in [4.78, 5) is 3.13. The average Bonchev–Trinajstić information content (AvgIpc) is 2.98. The van der Waals surface area contributed by atoms with Crippen LogP contribution in [0.2, 0.25) is 0 Å². The van der Waals surface area contributed by atoms with E-state index in [-0.39, 0.29) is 11.0 Å². The van der Waals surface area contributed by atoms with Crippen molar-refractivity contribution in [2.75, 3.05) is 32.8 Å². The van der Waals surface area contributed by atoms with Gasteiger partial charge in [-0.05, 0) is 48.4 Å². The number of thioether (sulfide) groups is 1. The van der Waals surface area contributed by atoms with E-state index in [1.807, 2.05) is 18.2 Å². The van der Waals surface area contributed by atoms with E-state index >= 15 is 0 Å². The molecule has 1 atom stereocenters. The van der Waals surface area contributed by atoms with Crippen LogP contribution in [0.3, 0.4) is 0 Å². The summed E-state index contributed by atoms with van der Waals surface area (Å²) in [5, 5.41) is 10.1. The van der Waals surface area contributed by atoms with Gasteiger partial charge in [-0.25, -0.2) is 8.78 Å². The number of fused-ring (bicyclic) bond motifs is 1. The number of phenolic OH excluding ortho intramolecular Hbond substituents is 1. The molecular weight excluding hydrogens is 448 g/mol. The molecular formula is C25H25F2NO4S. The number of hydrogen-bond acceptors (Lipinski definition) is 6. The van der Waals surface area contributed by atoms with E-state index in [0.717, 1.165) is 22.2 Å². The fourth-order valence-electron chi connectivity index (χ4n) is 3.99. The van der Waals surface area contributed by atoms with Crippen LogP contribution >= 0.6 is 11.8 Å². The summed E-state index contributed by atoms with van der Waals surface area (Å²) in [7, 11) is 4.58. The molecule has 174 valence electrons. The Morgan fingerprint density at radius 2 is 1.70 bits per heavy atom. The van der Waals surface area contributed by atoms with Crippen molar-refractivity contribution in [3.63, 3.8) is 0 Å². The lowest BCUT2D eigenvalue weighted by atomic mass is 10.1. The van der Waals surface area contributed by atoms with Gasteiger partial charge in [-0.1, -0.05) is 6.07 Å². The van der Waals surface area contributed by atoms with Gasteiger partial charge < -0.3 is 24.2 Å². The van der Waals surface area contributed by atoms with Gasteiger partial charge in [0.05, 0.1) is 27.0 Å². The van der Waals surface area contributed by atoms with E-state index in [1.165, 1.54) is 38.1 Å². The largest absolute Gasteiger partial charge is 0.502 e. The molecule has 1 N–H and O–H groups in total. The van der Waals surface area contributed by atoms with Crippen LogP contribution in [-0.4, -0.2) is 33.0 Å². The van der Waals surface area contributed by atoms with Gasteiger partial charge in [0.15, 0.2) is 11.5 Å².